The monoisotopic (exact) mass is 394 g/mol. The van der Waals surface area contributed by atoms with E-state index < -0.39 is 6.03 Å². The molecule has 0 aliphatic carbocycles. The summed E-state index contributed by atoms with van der Waals surface area (Å²) in [7, 11) is 0. The Labute approximate surface area is 168 Å². The van der Waals surface area contributed by atoms with Crippen molar-refractivity contribution in [2.75, 3.05) is 30.4 Å². The fraction of sp³-hybridized carbons (Fsp3) is 0.238. The fourth-order valence-corrected chi connectivity index (χ4v) is 2.94. The molecule has 2 aromatic carbocycles. The maximum atomic E-state index is 11.0. The molecular weight excluding hydrogens is 372 g/mol. The van der Waals surface area contributed by atoms with E-state index in [0.717, 1.165) is 16.8 Å². The minimum atomic E-state index is -0.627. The van der Waals surface area contributed by atoms with Crippen LogP contribution in [0, 0.1) is 18.3 Å². The van der Waals surface area contributed by atoms with E-state index in [0.29, 0.717) is 48.1 Å². The number of rotatable bonds is 7. The first-order valence-corrected chi connectivity index (χ1v) is 9.13. The van der Waals surface area contributed by atoms with Crippen LogP contribution in [0.4, 0.5) is 16.2 Å². The Balaban J connectivity index is 1.84. The summed E-state index contributed by atoms with van der Waals surface area (Å²) in [6.45, 7) is 2.75. The van der Waals surface area contributed by atoms with Crippen LogP contribution >= 0.6 is 0 Å². The van der Waals surface area contributed by atoms with Gasteiger partial charge in [-0.3, -0.25) is 0 Å². The number of nitrogens with zero attached hydrogens (tertiary/aromatic N) is 1. The van der Waals surface area contributed by atoms with Gasteiger partial charge in [-0.1, -0.05) is 0 Å². The molecule has 1 aliphatic heterocycles. The molecule has 1 aliphatic rings. The van der Waals surface area contributed by atoms with Crippen molar-refractivity contribution in [3.63, 3.8) is 0 Å². The lowest BCUT2D eigenvalue weighted by Gasteiger charge is -2.22. The van der Waals surface area contributed by atoms with Gasteiger partial charge in [0.1, 0.15) is 23.3 Å². The van der Waals surface area contributed by atoms with Gasteiger partial charge < -0.3 is 30.9 Å². The van der Waals surface area contributed by atoms with Gasteiger partial charge in [-0.05, 0) is 42.8 Å². The van der Waals surface area contributed by atoms with Gasteiger partial charge in [0.15, 0.2) is 0 Å². The van der Waals surface area contributed by atoms with E-state index in [9.17, 15) is 10.1 Å². The quantitative estimate of drug-likeness (QED) is 0.534. The minimum Gasteiger partial charge on any atom is -0.492 e. The third-order valence-electron chi connectivity index (χ3n) is 4.33. The number of primary amides is 1. The lowest BCUT2D eigenvalue weighted by atomic mass is 10.0. The summed E-state index contributed by atoms with van der Waals surface area (Å²) in [5.41, 5.74) is 8.52. The van der Waals surface area contributed by atoms with Gasteiger partial charge in [-0.25, -0.2) is 4.79 Å². The van der Waals surface area contributed by atoms with Crippen molar-refractivity contribution in [2.45, 2.75) is 13.3 Å². The molecule has 1 heterocycles. The molecule has 2 amide bonds. The Morgan fingerprint density at radius 3 is 2.90 bits per heavy atom. The molecule has 0 radical (unpaired) electrons. The molecule has 0 saturated carbocycles. The number of carbonyl (C=O) groups is 1. The zero-order valence-electron chi connectivity index (χ0n) is 16.0. The van der Waals surface area contributed by atoms with Gasteiger partial charge in [-0.15, -0.1) is 0 Å². The maximum Gasteiger partial charge on any atom is 0.316 e. The lowest BCUT2D eigenvalue weighted by Crippen LogP contribution is -2.19. The Morgan fingerprint density at radius 1 is 1.38 bits per heavy atom. The SMILES string of the molecule is Cc1cc(OC2=CCNc3cc(OCCCO)c(C#N)cc32)ccc1NC(N)=O. The number of nitriles is 1. The number of aliphatic hydroxyl groups excluding tert-OH is 1. The molecule has 0 saturated heterocycles. The summed E-state index contributed by atoms with van der Waals surface area (Å²) < 4.78 is 11.7. The number of ether oxygens (including phenoxy) is 2. The third-order valence-corrected chi connectivity index (χ3v) is 4.33. The smallest absolute Gasteiger partial charge is 0.316 e. The van der Waals surface area contributed by atoms with Crippen LogP contribution in [0.5, 0.6) is 11.5 Å². The number of hydrogen-bond acceptors (Lipinski definition) is 6. The Kier molecular flexibility index (Phi) is 6.22. The number of aliphatic hydroxyl groups is 1. The van der Waals surface area contributed by atoms with Crippen LogP contribution in [0.15, 0.2) is 36.4 Å². The molecule has 0 fully saturated rings. The first kappa shape index (κ1) is 20.0. The second-order valence-electron chi connectivity index (χ2n) is 6.45. The summed E-state index contributed by atoms with van der Waals surface area (Å²) in [5, 5.41) is 24.2. The number of anilines is 2. The molecule has 3 rings (SSSR count). The molecule has 8 heteroatoms. The highest BCUT2D eigenvalue weighted by Gasteiger charge is 2.19. The van der Waals surface area contributed by atoms with Crippen LogP contribution in [0.1, 0.15) is 23.1 Å². The standard InChI is InChI=1S/C21H22N4O4/c1-13-9-15(3-4-17(13)25-21(23)27)29-19-5-6-24-18-11-20(28-8-2-7-26)14(12-22)10-16(18)19/h3-5,9-11,24,26H,2,6-8H2,1H3,(H3,23,25,27). The summed E-state index contributed by atoms with van der Waals surface area (Å²) in [6.07, 6.45) is 2.38. The number of hydrogen-bond donors (Lipinski definition) is 4. The predicted octanol–water partition coefficient (Wildman–Crippen LogP) is 2.96. The molecule has 29 heavy (non-hydrogen) atoms. The number of benzene rings is 2. The van der Waals surface area contributed by atoms with Crippen LogP contribution < -0.4 is 25.8 Å². The van der Waals surface area contributed by atoms with Gasteiger partial charge >= 0.3 is 6.03 Å². The Hall–Kier alpha value is -3.70. The van der Waals surface area contributed by atoms with E-state index in [2.05, 4.69) is 16.7 Å². The van der Waals surface area contributed by atoms with Crippen molar-refractivity contribution in [1.29, 1.82) is 5.26 Å². The second-order valence-corrected chi connectivity index (χ2v) is 6.45. The van der Waals surface area contributed by atoms with Gasteiger partial charge in [0.05, 0.1) is 12.2 Å². The van der Waals surface area contributed by atoms with Crippen LogP contribution in [-0.2, 0) is 0 Å². The highest BCUT2D eigenvalue weighted by molar-refractivity contribution is 5.88. The van der Waals surface area contributed by atoms with E-state index in [1.54, 1.807) is 30.3 Å². The van der Waals surface area contributed by atoms with Crippen molar-refractivity contribution in [3.8, 4) is 17.6 Å². The zero-order valence-corrected chi connectivity index (χ0v) is 16.0. The van der Waals surface area contributed by atoms with Crippen molar-refractivity contribution >= 4 is 23.2 Å². The van der Waals surface area contributed by atoms with E-state index in [1.165, 1.54) is 0 Å². The summed E-state index contributed by atoms with van der Waals surface area (Å²) >= 11 is 0. The number of nitrogens with one attached hydrogen (secondary N) is 2. The molecule has 5 N–H and O–H groups in total. The molecule has 0 bridgehead atoms. The van der Waals surface area contributed by atoms with Crippen molar-refractivity contribution in [3.05, 3.63) is 53.1 Å². The van der Waals surface area contributed by atoms with Gasteiger partial charge in [-0.2, -0.15) is 5.26 Å². The van der Waals surface area contributed by atoms with Crippen molar-refractivity contribution < 1.29 is 19.4 Å². The van der Waals surface area contributed by atoms with Crippen LogP contribution in [-0.4, -0.2) is 30.9 Å². The number of urea groups is 1. The molecule has 2 aromatic rings. The number of fused-ring (bicyclic) bond motifs is 1. The predicted molar refractivity (Wildman–Crippen MR) is 110 cm³/mol. The van der Waals surface area contributed by atoms with E-state index in [-0.39, 0.29) is 6.61 Å². The molecule has 0 aromatic heterocycles. The van der Waals surface area contributed by atoms with E-state index in [1.807, 2.05) is 13.0 Å². The third kappa shape index (κ3) is 4.78. The number of carbonyl (C=O) groups excluding carboxylic acids is 1. The average molecular weight is 394 g/mol. The summed E-state index contributed by atoms with van der Waals surface area (Å²) in [5.74, 6) is 1.68. The first-order chi connectivity index (χ1) is 14.0. The molecular formula is C21H22N4O4. The lowest BCUT2D eigenvalue weighted by molar-refractivity contribution is 0.233. The highest BCUT2D eigenvalue weighted by Crippen LogP contribution is 2.35. The molecule has 0 atom stereocenters. The number of aryl methyl sites for hydroxylation is 1. The molecule has 0 spiro atoms. The molecule has 8 nitrogen and oxygen atoms in total. The second kappa shape index (κ2) is 8.99. The van der Waals surface area contributed by atoms with E-state index >= 15 is 0 Å². The van der Waals surface area contributed by atoms with Crippen LogP contribution in [0.3, 0.4) is 0 Å². The normalized spacial score (nSPS) is 12.1. The van der Waals surface area contributed by atoms with E-state index in [4.69, 9.17) is 20.3 Å². The van der Waals surface area contributed by atoms with Crippen molar-refractivity contribution in [1.82, 2.24) is 0 Å². The fourth-order valence-electron chi connectivity index (χ4n) is 2.94. The van der Waals surface area contributed by atoms with Gasteiger partial charge in [0.2, 0.25) is 0 Å². The average Bonchev–Trinajstić information content (AvgIpc) is 2.69. The zero-order chi connectivity index (χ0) is 20.8. The molecule has 0 unspecified atom stereocenters. The molecule has 150 valence electrons. The summed E-state index contributed by atoms with van der Waals surface area (Å²) in [4.78, 5) is 11.0. The highest BCUT2D eigenvalue weighted by atomic mass is 16.5. The Morgan fingerprint density at radius 2 is 2.21 bits per heavy atom. The van der Waals surface area contributed by atoms with Crippen molar-refractivity contribution in [2.24, 2.45) is 5.73 Å². The topological polar surface area (TPSA) is 130 Å². The van der Waals surface area contributed by atoms with Gasteiger partial charge in [0.25, 0.3) is 0 Å². The van der Waals surface area contributed by atoms with Crippen LogP contribution in [0.2, 0.25) is 0 Å². The largest absolute Gasteiger partial charge is 0.492 e. The summed E-state index contributed by atoms with van der Waals surface area (Å²) in [6, 6.07) is 10.3. The van der Waals surface area contributed by atoms with Crippen LogP contribution in [0.25, 0.3) is 5.76 Å². The maximum absolute atomic E-state index is 11.0. The number of amides is 2. The first-order valence-electron chi connectivity index (χ1n) is 9.13. The number of nitrogens with two attached hydrogens (primary N) is 1. The Bertz CT molecular complexity index is 995. The van der Waals surface area contributed by atoms with Gasteiger partial charge in [0, 0.05) is 42.6 Å². The minimum absolute atomic E-state index is 0.0268.